The summed E-state index contributed by atoms with van der Waals surface area (Å²) in [6.07, 6.45) is -4.77. The van der Waals surface area contributed by atoms with Gasteiger partial charge in [-0.15, -0.1) is 13.2 Å². The van der Waals surface area contributed by atoms with Crippen LogP contribution in [0.4, 0.5) is 13.2 Å². The molecule has 4 nitrogen and oxygen atoms in total. The van der Waals surface area contributed by atoms with Crippen molar-refractivity contribution in [3.8, 4) is 45.3 Å². The maximum atomic E-state index is 12.5. The highest BCUT2D eigenvalue weighted by Crippen LogP contribution is 2.49. The number of benzene rings is 4. The Morgan fingerprint density at radius 3 is 2.26 bits per heavy atom. The maximum Gasteiger partial charge on any atom is 0.573 e. The van der Waals surface area contributed by atoms with Crippen molar-refractivity contribution in [2.75, 3.05) is 0 Å². The molecular formula is C24H15F3O4. The van der Waals surface area contributed by atoms with E-state index in [2.05, 4.69) is 4.74 Å². The van der Waals surface area contributed by atoms with Gasteiger partial charge in [0.25, 0.3) is 0 Å². The molecule has 0 spiro atoms. The van der Waals surface area contributed by atoms with Gasteiger partial charge in [-0.25, -0.2) is 0 Å². The third-order valence-corrected chi connectivity index (χ3v) is 5.21. The summed E-state index contributed by atoms with van der Waals surface area (Å²) in [7, 11) is 0. The van der Waals surface area contributed by atoms with Crippen molar-refractivity contribution in [3.05, 3.63) is 72.3 Å². The summed E-state index contributed by atoms with van der Waals surface area (Å²) < 4.78 is 47.6. The molecule has 0 aliphatic carbocycles. The van der Waals surface area contributed by atoms with Crippen LogP contribution in [0.5, 0.6) is 23.0 Å². The van der Waals surface area contributed by atoms with Crippen molar-refractivity contribution >= 4 is 10.8 Å². The molecule has 0 saturated carbocycles. The number of hydrogen-bond acceptors (Lipinski definition) is 4. The second-order valence-corrected chi connectivity index (χ2v) is 7.24. The number of alkyl halides is 3. The second-order valence-electron chi connectivity index (χ2n) is 7.24. The lowest BCUT2D eigenvalue weighted by atomic mass is 9.88. The largest absolute Gasteiger partial charge is 0.573 e. The predicted octanol–water partition coefficient (Wildman–Crippen LogP) is 6.38. The van der Waals surface area contributed by atoms with E-state index in [1.165, 1.54) is 24.3 Å². The molecule has 1 aliphatic heterocycles. The number of phenolic OH excluding ortho intramolecular Hbond substituents is 2. The monoisotopic (exact) mass is 424 g/mol. The van der Waals surface area contributed by atoms with Crippen LogP contribution in [0, 0.1) is 0 Å². The van der Waals surface area contributed by atoms with Gasteiger partial charge in [-0.3, -0.25) is 0 Å². The zero-order chi connectivity index (χ0) is 21.8. The van der Waals surface area contributed by atoms with Gasteiger partial charge in [-0.05, 0) is 64.4 Å². The van der Waals surface area contributed by atoms with Crippen molar-refractivity contribution in [2.24, 2.45) is 0 Å². The minimum atomic E-state index is -4.77. The molecule has 0 bridgehead atoms. The van der Waals surface area contributed by atoms with Gasteiger partial charge >= 0.3 is 6.36 Å². The molecule has 1 aliphatic rings. The number of ether oxygens (including phenoxy) is 2. The van der Waals surface area contributed by atoms with Gasteiger partial charge in [0.2, 0.25) is 0 Å². The zero-order valence-electron chi connectivity index (χ0n) is 15.9. The minimum absolute atomic E-state index is 0.0619. The molecule has 5 rings (SSSR count). The molecule has 0 amide bonds. The summed E-state index contributed by atoms with van der Waals surface area (Å²) in [5, 5.41) is 21.4. The van der Waals surface area contributed by atoms with Gasteiger partial charge in [0.15, 0.2) is 0 Å². The Bertz CT molecular complexity index is 1310. The predicted molar refractivity (Wildman–Crippen MR) is 109 cm³/mol. The highest BCUT2D eigenvalue weighted by atomic mass is 19.4. The number of fused-ring (bicyclic) bond motifs is 4. The Labute approximate surface area is 174 Å². The van der Waals surface area contributed by atoms with Crippen LogP contribution in [0.15, 0.2) is 66.7 Å². The molecule has 31 heavy (non-hydrogen) atoms. The lowest BCUT2D eigenvalue weighted by molar-refractivity contribution is -0.274. The Hall–Kier alpha value is -3.87. The van der Waals surface area contributed by atoms with Crippen LogP contribution >= 0.6 is 0 Å². The first-order valence-corrected chi connectivity index (χ1v) is 9.39. The van der Waals surface area contributed by atoms with E-state index in [4.69, 9.17) is 4.74 Å². The van der Waals surface area contributed by atoms with Crippen LogP contribution in [-0.4, -0.2) is 16.6 Å². The average Bonchev–Trinajstić information content (AvgIpc) is 2.71. The number of phenols is 2. The highest BCUT2D eigenvalue weighted by molar-refractivity contribution is 6.05. The molecule has 0 radical (unpaired) electrons. The maximum absolute atomic E-state index is 12.5. The molecule has 0 atom stereocenters. The van der Waals surface area contributed by atoms with Crippen LogP contribution < -0.4 is 9.47 Å². The number of halogens is 3. The normalized spacial score (nSPS) is 12.7. The first-order valence-electron chi connectivity index (χ1n) is 9.39. The van der Waals surface area contributed by atoms with Gasteiger partial charge in [-0.1, -0.05) is 24.3 Å². The van der Waals surface area contributed by atoms with Gasteiger partial charge in [-0.2, -0.15) is 0 Å². The van der Waals surface area contributed by atoms with Crippen LogP contribution in [0.1, 0.15) is 5.56 Å². The molecule has 0 aromatic heterocycles. The van der Waals surface area contributed by atoms with Crippen LogP contribution in [0.3, 0.4) is 0 Å². The summed E-state index contributed by atoms with van der Waals surface area (Å²) >= 11 is 0. The van der Waals surface area contributed by atoms with E-state index < -0.39 is 6.36 Å². The summed E-state index contributed by atoms with van der Waals surface area (Å²) in [5.41, 5.74) is 3.78. The number of hydrogen-bond donors (Lipinski definition) is 2. The summed E-state index contributed by atoms with van der Waals surface area (Å²) in [4.78, 5) is 0. The molecule has 4 aromatic carbocycles. The molecular weight excluding hydrogens is 409 g/mol. The van der Waals surface area contributed by atoms with E-state index in [0.29, 0.717) is 22.3 Å². The smallest absolute Gasteiger partial charge is 0.508 e. The fourth-order valence-electron chi connectivity index (χ4n) is 3.94. The molecule has 4 aromatic rings. The van der Waals surface area contributed by atoms with Gasteiger partial charge < -0.3 is 19.7 Å². The van der Waals surface area contributed by atoms with Crippen molar-refractivity contribution in [3.63, 3.8) is 0 Å². The van der Waals surface area contributed by atoms with E-state index in [1.807, 2.05) is 12.1 Å². The van der Waals surface area contributed by atoms with Gasteiger partial charge in [0.1, 0.15) is 29.6 Å². The highest BCUT2D eigenvalue weighted by Gasteiger charge is 2.31. The lowest BCUT2D eigenvalue weighted by Crippen LogP contribution is -2.16. The standard InChI is InChI=1S/C24H15F3O4/c25-24(26,27)31-18-6-2-13(3-7-18)22-20-11-17(29)4-1-14(20)10-21-19-8-5-16(28)9-15(19)12-30-23(21)22/h1-11,28-29H,12H2. The van der Waals surface area contributed by atoms with Crippen LogP contribution in [0.2, 0.25) is 0 Å². The van der Waals surface area contributed by atoms with Crippen molar-refractivity contribution in [1.82, 2.24) is 0 Å². The molecule has 7 heteroatoms. The van der Waals surface area contributed by atoms with E-state index in [0.717, 1.165) is 22.1 Å². The van der Waals surface area contributed by atoms with Crippen molar-refractivity contribution in [2.45, 2.75) is 13.0 Å². The topological polar surface area (TPSA) is 58.9 Å². The molecule has 1 heterocycles. The van der Waals surface area contributed by atoms with Crippen LogP contribution in [-0.2, 0) is 6.61 Å². The zero-order valence-corrected chi connectivity index (χ0v) is 15.9. The van der Waals surface area contributed by atoms with Crippen molar-refractivity contribution in [1.29, 1.82) is 0 Å². The van der Waals surface area contributed by atoms with E-state index in [1.54, 1.807) is 30.3 Å². The average molecular weight is 424 g/mol. The number of rotatable bonds is 2. The molecule has 0 fully saturated rings. The quantitative estimate of drug-likeness (QED) is 0.392. The molecule has 0 unspecified atom stereocenters. The fraction of sp³-hybridized carbons (Fsp3) is 0.0833. The third kappa shape index (κ3) is 3.48. The Kier molecular flexibility index (Phi) is 4.22. The Balaban J connectivity index is 1.74. The second kappa shape index (κ2) is 6.84. The van der Waals surface area contributed by atoms with E-state index in [9.17, 15) is 23.4 Å². The van der Waals surface area contributed by atoms with E-state index in [-0.39, 0.29) is 23.9 Å². The first kappa shape index (κ1) is 19.1. The molecule has 0 saturated heterocycles. The van der Waals surface area contributed by atoms with Crippen LogP contribution in [0.25, 0.3) is 33.0 Å². The Morgan fingerprint density at radius 2 is 1.52 bits per heavy atom. The third-order valence-electron chi connectivity index (χ3n) is 5.21. The van der Waals surface area contributed by atoms with Gasteiger partial charge in [0, 0.05) is 16.7 Å². The summed E-state index contributed by atoms with van der Waals surface area (Å²) in [6, 6.07) is 17.4. The number of aromatic hydroxyl groups is 2. The SMILES string of the molecule is Oc1ccc2c(c1)COc1c-2cc2ccc(O)cc2c1-c1ccc(OC(F)(F)F)cc1. The van der Waals surface area contributed by atoms with E-state index >= 15 is 0 Å². The summed E-state index contributed by atoms with van der Waals surface area (Å²) in [6.45, 7) is 0.226. The lowest BCUT2D eigenvalue weighted by Gasteiger charge is -2.25. The minimum Gasteiger partial charge on any atom is -0.508 e. The fourth-order valence-corrected chi connectivity index (χ4v) is 3.94. The first-order chi connectivity index (χ1) is 14.8. The summed E-state index contributed by atoms with van der Waals surface area (Å²) in [5.74, 6) is 0.430. The molecule has 2 N–H and O–H groups in total. The Morgan fingerprint density at radius 1 is 0.806 bits per heavy atom. The van der Waals surface area contributed by atoms with Crippen molar-refractivity contribution < 1.29 is 32.9 Å². The molecule has 156 valence electrons. The van der Waals surface area contributed by atoms with Gasteiger partial charge in [0.05, 0.1) is 0 Å².